The second kappa shape index (κ2) is 8.77. The lowest BCUT2D eigenvalue weighted by Gasteiger charge is -2.10. The van der Waals surface area contributed by atoms with Crippen LogP contribution < -0.4 is 10.6 Å². The van der Waals surface area contributed by atoms with E-state index in [-0.39, 0.29) is 18.2 Å². The predicted octanol–water partition coefficient (Wildman–Crippen LogP) is 3.96. The number of nitrogens with zero attached hydrogens (tertiary/aromatic N) is 2. The molecule has 0 saturated heterocycles. The van der Waals surface area contributed by atoms with Crippen LogP contribution in [0.25, 0.3) is 0 Å². The number of para-hydroxylation sites is 1. The minimum atomic E-state index is -0.423. The van der Waals surface area contributed by atoms with Gasteiger partial charge in [0.1, 0.15) is 0 Å². The van der Waals surface area contributed by atoms with Gasteiger partial charge < -0.3 is 15.4 Å². The number of aromatic nitrogens is 2. The van der Waals surface area contributed by atoms with E-state index in [2.05, 4.69) is 20.8 Å². The zero-order chi connectivity index (χ0) is 19.9. The van der Waals surface area contributed by atoms with Crippen molar-refractivity contribution in [2.45, 2.75) is 13.8 Å². The Bertz CT molecular complexity index is 970. The fraction of sp³-hybridized carbons (Fsp3) is 0.143. The largest absolute Gasteiger partial charge is 0.462 e. The number of esters is 1. The normalized spacial score (nSPS) is 10.2. The predicted molar refractivity (Wildman–Crippen MR) is 107 cm³/mol. The number of anilines is 3. The molecule has 0 saturated carbocycles. The van der Waals surface area contributed by atoms with E-state index in [1.807, 2.05) is 31.2 Å². The summed E-state index contributed by atoms with van der Waals surface area (Å²) in [6, 6.07) is 17.6. The Hall–Kier alpha value is -3.74. The highest BCUT2D eigenvalue weighted by molar-refractivity contribution is 6.02. The van der Waals surface area contributed by atoms with Crippen molar-refractivity contribution in [3.05, 3.63) is 77.5 Å². The van der Waals surface area contributed by atoms with Crippen molar-refractivity contribution in [1.29, 1.82) is 0 Å². The Kier molecular flexibility index (Phi) is 5.96. The van der Waals surface area contributed by atoms with Gasteiger partial charge in [-0.05, 0) is 50.2 Å². The lowest BCUT2D eigenvalue weighted by Crippen LogP contribution is -2.14. The van der Waals surface area contributed by atoms with Gasteiger partial charge in [-0.15, -0.1) is 10.2 Å². The van der Waals surface area contributed by atoms with E-state index in [0.717, 1.165) is 5.56 Å². The molecule has 2 aromatic carbocycles. The molecule has 1 aromatic heterocycles. The van der Waals surface area contributed by atoms with Crippen molar-refractivity contribution in [1.82, 2.24) is 10.2 Å². The molecule has 0 radical (unpaired) electrons. The van der Waals surface area contributed by atoms with Crippen LogP contribution in [-0.2, 0) is 4.74 Å². The van der Waals surface area contributed by atoms with Gasteiger partial charge in [0.15, 0.2) is 11.5 Å². The third-order valence-electron chi connectivity index (χ3n) is 3.89. The van der Waals surface area contributed by atoms with Crippen molar-refractivity contribution in [2.75, 3.05) is 17.2 Å². The smallest absolute Gasteiger partial charge is 0.340 e. The maximum atomic E-state index is 12.3. The van der Waals surface area contributed by atoms with Crippen molar-refractivity contribution in [2.24, 2.45) is 0 Å². The molecule has 0 spiro atoms. The van der Waals surface area contributed by atoms with E-state index in [9.17, 15) is 9.59 Å². The van der Waals surface area contributed by atoms with Crippen LogP contribution in [-0.4, -0.2) is 28.7 Å². The first-order valence-electron chi connectivity index (χ1n) is 8.81. The van der Waals surface area contributed by atoms with E-state index < -0.39 is 5.97 Å². The van der Waals surface area contributed by atoms with E-state index in [1.54, 1.807) is 43.3 Å². The molecule has 0 aliphatic rings. The van der Waals surface area contributed by atoms with Gasteiger partial charge in [0.2, 0.25) is 0 Å². The Balaban J connectivity index is 1.70. The molecule has 1 heterocycles. The van der Waals surface area contributed by atoms with E-state index in [4.69, 9.17) is 4.74 Å². The van der Waals surface area contributed by atoms with Gasteiger partial charge in [0, 0.05) is 5.69 Å². The van der Waals surface area contributed by atoms with Gasteiger partial charge in [-0.25, -0.2) is 4.79 Å². The standard InChI is InChI=1S/C21H20N4O3/c1-3-28-21(27)16-6-4-5-7-17(16)23-19-13-12-18(24-25-19)20(26)22-15-10-8-14(2)9-11-15/h4-13H,3H2,1-2H3,(H,22,26)(H,23,25). The molecule has 3 aromatic rings. The second-order valence-electron chi connectivity index (χ2n) is 6.02. The molecule has 0 unspecified atom stereocenters. The minimum absolute atomic E-state index is 0.185. The molecule has 142 valence electrons. The average Bonchev–Trinajstić information content (AvgIpc) is 2.71. The summed E-state index contributed by atoms with van der Waals surface area (Å²) >= 11 is 0. The number of benzene rings is 2. The second-order valence-corrected chi connectivity index (χ2v) is 6.02. The van der Waals surface area contributed by atoms with Crippen LogP contribution in [0.2, 0.25) is 0 Å². The quantitative estimate of drug-likeness (QED) is 0.633. The van der Waals surface area contributed by atoms with Crippen molar-refractivity contribution >= 4 is 29.1 Å². The molecular formula is C21H20N4O3. The number of aryl methyl sites for hydroxylation is 1. The van der Waals surface area contributed by atoms with Crippen molar-refractivity contribution in [3.63, 3.8) is 0 Å². The highest BCUT2D eigenvalue weighted by atomic mass is 16.5. The first-order chi connectivity index (χ1) is 13.6. The number of nitrogens with one attached hydrogen (secondary N) is 2. The maximum Gasteiger partial charge on any atom is 0.340 e. The number of ether oxygens (including phenoxy) is 1. The van der Waals surface area contributed by atoms with Crippen LogP contribution in [0, 0.1) is 6.92 Å². The summed E-state index contributed by atoms with van der Waals surface area (Å²) in [5.74, 6) is -0.369. The Morgan fingerprint density at radius 2 is 1.71 bits per heavy atom. The number of rotatable bonds is 6. The molecule has 0 aliphatic heterocycles. The lowest BCUT2D eigenvalue weighted by molar-refractivity contribution is 0.0527. The summed E-state index contributed by atoms with van der Waals surface area (Å²) < 4.78 is 5.05. The van der Waals surface area contributed by atoms with Gasteiger partial charge in [0.05, 0.1) is 17.9 Å². The SMILES string of the molecule is CCOC(=O)c1ccccc1Nc1ccc(C(=O)Nc2ccc(C)cc2)nn1. The summed E-state index contributed by atoms with van der Waals surface area (Å²) in [5, 5.41) is 13.8. The summed E-state index contributed by atoms with van der Waals surface area (Å²) in [5.41, 5.74) is 2.92. The fourth-order valence-corrected chi connectivity index (χ4v) is 2.47. The fourth-order valence-electron chi connectivity index (χ4n) is 2.47. The number of hydrogen-bond donors (Lipinski definition) is 2. The van der Waals surface area contributed by atoms with Gasteiger partial charge in [-0.1, -0.05) is 29.8 Å². The molecule has 7 heteroatoms. The van der Waals surface area contributed by atoms with E-state index in [1.165, 1.54) is 0 Å². The van der Waals surface area contributed by atoms with Crippen LogP contribution in [0.15, 0.2) is 60.7 Å². The number of hydrogen-bond acceptors (Lipinski definition) is 6. The molecular weight excluding hydrogens is 356 g/mol. The number of carbonyl (C=O) groups is 2. The first kappa shape index (κ1) is 19.0. The highest BCUT2D eigenvalue weighted by Crippen LogP contribution is 2.20. The molecule has 0 bridgehead atoms. The summed E-state index contributed by atoms with van der Waals surface area (Å²) in [4.78, 5) is 24.3. The molecule has 0 aliphatic carbocycles. The third kappa shape index (κ3) is 4.70. The zero-order valence-corrected chi connectivity index (χ0v) is 15.6. The topological polar surface area (TPSA) is 93.2 Å². The number of amides is 1. The Labute approximate surface area is 162 Å². The Morgan fingerprint density at radius 3 is 2.39 bits per heavy atom. The van der Waals surface area contributed by atoms with Gasteiger partial charge in [-0.3, -0.25) is 4.79 Å². The first-order valence-corrected chi connectivity index (χ1v) is 8.81. The van der Waals surface area contributed by atoms with Crippen LogP contribution >= 0.6 is 0 Å². The van der Waals surface area contributed by atoms with Crippen LogP contribution in [0.5, 0.6) is 0 Å². The van der Waals surface area contributed by atoms with Gasteiger partial charge in [-0.2, -0.15) is 0 Å². The highest BCUT2D eigenvalue weighted by Gasteiger charge is 2.13. The van der Waals surface area contributed by atoms with Gasteiger partial charge in [0.25, 0.3) is 5.91 Å². The number of carbonyl (C=O) groups excluding carboxylic acids is 2. The van der Waals surface area contributed by atoms with Crippen LogP contribution in [0.4, 0.5) is 17.2 Å². The van der Waals surface area contributed by atoms with Crippen molar-refractivity contribution in [3.8, 4) is 0 Å². The monoisotopic (exact) mass is 376 g/mol. The molecule has 0 atom stereocenters. The van der Waals surface area contributed by atoms with E-state index >= 15 is 0 Å². The molecule has 3 rings (SSSR count). The van der Waals surface area contributed by atoms with Crippen LogP contribution in [0.3, 0.4) is 0 Å². The summed E-state index contributed by atoms with van der Waals surface area (Å²) in [7, 11) is 0. The molecule has 0 fully saturated rings. The van der Waals surface area contributed by atoms with E-state index in [0.29, 0.717) is 22.8 Å². The molecule has 2 N–H and O–H groups in total. The maximum absolute atomic E-state index is 12.3. The average molecular weight is 376 g/mol. The molecule has 28 heavy (non-hydrogen) atoms. The molecule has 7 nitrogen and oxygen atoms in total. The van der Waals surface area contributed by atoms with Crippen molar-refractivity contribution < 1.29 is 14.3 Å². The third-order valence-corrected chi connectivity index (χ3v) is 3.89. The molecule has 1 amide bonds. The zero-order valence-electron chi connectivity index (χ0n) is 15.6. The summed E-state index contributed by atoms with van der Waals surface area (Å²) in [6.07, 6.45) is 0. The Morgan fingerprint density at radius 1 is 0.964 bits per heavy atom. The summed E-state index contributed by atoms with van der Waals surface area (Å²) in [6.45, 7) is 4.01. The lowest BCUT2D eigenvalue weighted by atomic mass is 10.2. The minimum Gasteiger partial charge on any atom is -0.462 e. The van der Waals surface area contributed by atoms with Gasteiger partial charge >= 0.3 is 5.97 Å². The van der Waals surface area contributed by atoms with Crippen LogP contribution in [0.1, 0.15) is 33.3 Å².